The molecular weight excluding hydrogens is 254 g/mol. The maximum absolute atomic E-state index is 12.4. The highest BCUT2D eigenvalue weighted by Crippen LogP contribution is 2.16. The molecule has 0 aliphatic carbocycles. The zero-order valence-electron chi connectivity index (χ0n) is 12.7. The number of aryl methyl sites for hydroxylation is 2. The molecule has 1 aromatic rings. The number of H-pyrrole nitrogens is 1. The lowest BCUT2D eigenvalue weighted by Crippen LogP contribution is -2.40. The highest BCUT2D eigenvalue weighted by molar-refractivity contribution is 5.79. The van der Waals surface area contributed by atoms with E-state index in [0.717, 1.165) is 42.9 Å². The van der Waals surface area contributed by atoms with Crippen LogP contribution in [0.25, 0.3) is 0 Å². The molecule has 0 saturated carbocycles. The zero-order valence-corrected chi connectivity index (χ0v) is 12.7. The molecule has 0 spiro atoms. The predicted octanol–water partition coefficient (Wildman–Crippen LogP) is 1.99. The molecule has 5 heteroatoms. The van der Waals surface area contributed by atoms with Crippen LogP contribution in [0.4, 0.5) is 0 Å². The molecule has 1 aromatic heterocycles. The summed E-state index contributed by atoms with van der Waals surface area (Å²) < 4.78 is 5.73. The summed E-state index contributed by atoms with van der Waals surface area (Å²) in [5.74, 6) is 0.161. The number of hydrogen-bond acceptors (Lipinski definition) is 3. The van der Waals surface area contributed by atoms with E-state index in [1.54, 1.807) is 0 Å². The van der Waals surface area contributed by atoms with E-state index in [0.29, 0.717) is 13.0 Å². The first-order valence-electron chi connectivity index (χ1n) is 7.51. The second kappa shape index (κ2) is 6.88. The van der Waals surface area contributed by atoms with Crippen molar-refractivity contribution in [3.8, 4) is 0 Å². The molecule has 112 valence electrons. The summed E-state index contributed by atoms with van der Waals surface area (Å²) in [5, 5.41) is 7.08. The van der Waals surface area contributed by atoms with Crippen LogP contribution in [0.5, 0.6) is 0 Å². The van der Waals surface area contributed by atoms with Crippen LogP contribution in [-0.4, -0.2) is 46.8 Å². The van der Waals surface area contributed by atoms with E-state index in [-0.39, 0.29) is 12.0 Å². The average molecular weight is 279 g/mol. The van der Waals surface area contributed by atoms with Crippen molar-refractivity contribution in [2.24, 2.45) is 0 Å². The van der Waals surface area contributed by atoms with Crippen LogP contribution >= 0.6 is 0 Å². The third kappa shape index (κ3) is 3.60. The summed E-state index contributed by atoms with van der Waals surface area (Å²) in [6.45, 7) is 8.20. The van der Waals surface area contributed by atoms with Gasteiger partial charge in [0.2, 0.25) is 5.91 Å². The Labute approximate surface area is 120 Å². The van der Waals surface area contributed by atoms with Gasteiger partial charge in [-0.2, -0.15) is 5.10 Å². The fourth-order valence-corrected chi connectivity index (χ4v) is 2.70. The molecule has 1 aliphatic rings. The number of carbonyl (C=O) groups is 1. The Bertz CT molecular complexity index is 430. The number of aromatic amines is 1. The lowest BCUT2D eigenvalue weighted by atomic mass is 10.1. The first kappa shape index (κ1) is 15.0. The van der Waals surface area contributed by atoms with Gasteiger partial charge in [-0.05, 0) is 40.0 Å². The van der Waals surface area contributed by atoms with Gasteiger partial charge in [-0.15, -0.1) is 0 Å². The second-order valence-electron chi connectivity index (χ2n) is 5.51. The molecule has 1 fully saturated rings. The quantitative estimate of drug-likeness (QED) is 0.896. The summed E-state index contributed by atoms with van der Waals surface area (Å²) >= 11 is 0. The number of ether oxygens (including phenoxy) is 1. The van der Waals surface area contributed by atoms with Gasteiger partial charge in [0.05, 0.1) is 18.2 Å². The van der Waals surface area contributed by atoms with E-state index in [4.69, 9.17) is 4.74 Å². The van der Waals surface area contributed by atoms with Crippen LogP contribution in [-0.2, 0) is 16.0 Å². The maximum Gasteiger partial charge on any atom is 0.227 e. The molecule has 2 heterocycles. The van der Waals surface area contributed by atoms with E-state index in [1.165, 1.54) is 6.42 Å². The van der Waals surface area contributed by atoms with Gasteiger partial charge in [0.25, 0.3) is 0 Å². The molecule has 20 heavy (non-hydrogen) atoms. The fraction of sp³-hybridized carbons (Fsp3) is 0.733. The van der Waals surface area contributed by atoms with Gasteiger partial charge in [-0.25, -0.2) is 0 Å². The van der Waals surface area contributed by atoms with E-state index in [9.17, 15) is 4.79 Å². The highest BCUT2D eigenvalue weighted by atomic mass is 16.5. The number of amides is 1. The number of nitrogens with one attached hydrogen (secondary N) is 1. The Morgan fingerprint density at radius 3 is 2.80 bits per heavy atom. The molecule has 1 unspecified atom stereocenters. The predicted molar refractivity (Wildman–Crippen MR) is 77.6 cm³/mol. The van der Waals surface area contributed by atoms with Gasteiger partial charge >= 0.3 is 0 Å². The lowest BCUT2D eigenvalue weighted by molar-refractivity contribution is -0.132. The van der Waals surface area contributed by atoms with Crippen LogP contribution in [0, 0.1) is 13.8 Å². The smallest absolute Gasteiger partial charge is 0.227 e. The molecule has 0 radical (unpaired) electrons. The van der Waals surface area contributed by atoms with Gasteiger partial charge in [0.15, 0.2) is 0 Å². The van der Waals surface area contributed by atoms with Crippen molar-refractivity contribution >= 4 is 5.91 Å². The summed E-state index contributed by atoms with van der Waals surface area (Å²) in [6.07, 6.45) is 4.04. The number of likely N-dealkylation sites (N-methyl/N-ethyl adjacent to an activating group) is 1. The van der Waals surface area contributed by atoms with Gasteiger partial charge in [-0.1, -0.05) is 0 Å². The minimum atomic E-state index is 0.161. The van der Waals surface area contributed by atoms with Gasteiger partial charge in [0, 0.05) is 31.0 Å². The van der Waals surface area contributed by atoms with Crippen LogP contribution in [0.1, 0.15) is 43.1 Å². The number of carbonyl (C=O) groups excluding carboxylic acids is 1. The molecule has 1 N–H and O–H groups in total. The van der Waals surface area contributed by atoms with Crippen molar-refractivity contribution in [1.82, 2.24) is 15.1 Å². The number of hydrogen-bond donors (Lipinski definition) is 1. The SMILES string of the molecule is CCN(CC1CCCCO1)C(=O)Cc1c(C)n[nH]c1C. The number of nitrogens with zero attached hydrogens (tertiary/aromatic N) is 2. The summed E-state index contributed by atoms with van der Waals surface area (Å²) in [6, 6.07) is 0. The molecular formula is C15H25N3O2. The molecule has 5 nitrogen and oxygen atoms in total. The van der Waals surface area contributed by atoms with Crippen molar-refractivity contribution in [2.45, 2.75) is 52.6 Å². The number of aromatic nitrogens is 2. The Balaban J connectivity index is 1.94. The fourth-order valence-electron chi connectivity index (χ4n) is 2.70. The second-order valence-corrected chi connectivity index (χ2v) is 5.51. The molecule has 1 aliphatic heterocycles. The minimum Gasteiger partial charge on any atom is -0.376 e. The summed E-state index contributed by atoms with van der Waals surface area (Å²) in [7, 11) is 0. The van der Waals surface area contributed by atoms with E-state index in [2.05, 4.69) is 10.2 Å². The molecule has 0 aromatic carbocycles. The Morgan fingerprint density at radius 2 is 2.25 bits per heavy atom. The Morgan fingerprint density at radius 1 is 1.45 bits per heavy atom. The van der Waals surface area contributed by atoms with E-state index >= 15 is 0 Å². The summed E-state index contributed by atoms with van der Waals surface area (Å²) in [5.41, 5.74) is 2.93. The first-order valence-corrected chi connectivity index (χ1v) is 7.51. The summed E-state index contributed by atoms with van der Waals surface area (Å²) in [4.78, 5) is 14.4. The van der Waals surface area contributed by atoms with Crippen LogP contribution < -0.4 is 0 Å². The van der Waals surface area contributed by atoms with Crippen LogP contribution in [0.3, 0.4) is 0 Å². The minimum absolute atomic E-state index is 0.161. The first-order chi connectivity index (χ1) is 9.61. The van der Waals surface area contributed by atoms with E-state index in [1.807, 2.05) is 25.7 Å². The van der Waals surface area contributed by atoms with Crippen molar-refractivity contribution in [3.63, 3.8) is 0 Å². The third-order valence-corrected chi connectivity index (χ3v) is 4.04. The lowest BCUT2D eigenvalue weighted by Gasteiger charge is -2.29. The van der Waals surface area contributed by atoms with Crippen molar-refractivity contribution in [3.05, 3.63) is 17.0 Å². The van der Waals surface area contributed by atoms with Gasteiger partial charge in [0.1, 0.15) is 0 Å². The maximum atomic E-state index is 12.4. The van der Waals surface area contributed by atoms with Gasteiger partial charge < -0.3 is 9.64 Å². The average Bonchev–Trinajstić information content (AvgIpc) is 2.77. The van der Waals surface area contributed by atoms with Crippen molar-refractivity contribution in [1.29, 1.82) is 0 Å². The standard InChI is InChI=1S/C15H25N3O2/c1-4-18(10-13-7-5-6-8-20-13)15(19)9-14-11(2)16-17-12(14)3/h13H,4-10H2,1-3H3,(H,16,17). The molecule has 1 atom stereocenters. The Hall–Kier alpha value is -1.36. The van der Waals surface area contributed by atoms with E-state index < -0.39 is 0 Å². The van der Waals surface area contributed by atoms with Crippen molar-refractivity contribution < 1.29 is 9.53 Å². The molecule has 2 rings (SSSR count). The molecule has 1 amide bonds. The molecule has 0 bridgehead atoms. The topological polar surface area (TPSA) is 58.2 Å². The third-order valence-electron chi connectivity index (χ3n) is 4.04. The Kier molecular flexibility index (Phi) is 5.17. The number of rotatable bonds is 5. The van der Waals surface area contributed by atoms with Gasteiger partial charge in [-0.3, -0.25) is 9.89 Å². The van der Waals surface area contributed by atoms with Crippen LogP contribution in [0.2, 0.25) is 0 Å². The largest absolute Gasteiger partial charge is 0.376 e. The monoisotopic (exact) mass is 279 g/mol. The normalized spacial score (nSPS) is 19.1. The zero-order chi connectivity index (χ0) is 14.5. The van der Waals surface area contributed by atoms with Crippen LogP contribution in [0.15, 0.2) is 0 Å². The van der Waals surface area contributed by atoms with Crippen molar-refractivity contribution in [2.75, 3.05) is 19.7 Å². The molecule has 1 saturated heterocycles. The highest BCUT2D eigenvalue weighted by Gasteiger charge is 2.21.